The van der Waals surface area contributed by atoms with Gasteiger partial charge in [0.2, 0.25) is 0 Å². The second-order valence-electron chi connectivity index (χ2n) is 6.63. The summed E-state index contributed by atoms with van der Waals surface area (Å²) in [7, 11) is 0. The van der Waals surface area contributed by atoms with Gasteiger partial charge in [0.15, 0.2) is 0 Å². The van der Waals surface area contributed by atoms with Crippen molar-refractivity contribution in [3.05, 3.63) is 66.0 Å². The number of carboxylic acid groups (broad SMARTS) is 1. The van der Waals surface area contributed by atoms with Gasteiger partial charge in [-0.2, -0.15) is 0 Å². The van der Waals surface area contributed by atoms with E-state index in [1.165, 1.54) is 24.3 Å². The Morgan fingerprint density at radius 3 is 2.08 bits per heavy atom. The van der Waals surface area contributed by atoms with E-state index in [0.717, 1.165) is 4.90 Å². The number of halogens is 1. The van der Waals surface area contributed by atoms with Crippen LogP contribution in [0, 0.1) is 5.82 Å². The summed E-state index contributed by atoms with van der Waals surface area (Å²) in [6.07, 6.45) is -1.23. The van der Waals surface area contributed by atoms with Crippen LogP contribution in [0.4, 0.5) is 14.9 Å². The monoisotopic (exact) mass is 344 g/mol. The number of nitrogens with zero attached hydrogens (tertiary/aromatic N) is 1. The largest absolute Gasteiger partial charge is 0.465 e. The Kier molecular flexibility index (Phi) is 5.41. The zero-order valence-corrected chi connectivity index (χ0v) is 14.4. The van der Waals surface area contributed by atoms with E-state index in [4.69, 9.17) is 0 Å². The molecule has 5 nitrogen and oxygen atoms in total. The summed E-state index contributed by atoms with van der Waals surface area (Å²) in [6.45, 7) is 5.11. The first kappa shape index (κ1) is 18.4. The smallest absolute Gasteiger partial charge is 0.408 e. The van der Waals surface area contributed by atoms with Crippen LogP contribution in [-0.4, -0.2) is 27.5 Å². The molecule has 25 heavy (non-hydrogen) atoms. The molecule has 0 spiro atoms. The Labute approximate surface area is 146 Å². The van der Waals surface area contributed by atoms with Gasteiger partial charge in [0.1, 0.15) is 11.9 Å². The maximum atomic E-state index is 13.3. The lowest BCUT2D eigenvalue weighted by atomic mass is 9.97. The molecule has 0 radical (unpaired) electrons. The maximum absolute atomic E-state index is 13.3. The minimum atomic E-state index is -1.23. The lowest BCUT2D eigenvalue weighted by Crippen LogP contribution is -2.50. The molecule has 2 aromatic carbocycles. The summed E-state index contributed by atoms with van der Waals surface area (Å²) < 4.78 is 13.3. The van der Waals surface area contributed by atoms with Crippen molar-refractivity contribution in [2.75, 3.05) is 5.32 Å². The highest BCUT2D eigenvalue weighted by atomic mass is 19.1. The molecule has 0 aromatic heterocycles. The first-order valence-corrected chi connectivity index (χ1v) is 7.84. The van der Waals surface area contributed by atoms with Crippen molar-refractivity contribution in [1.29, 1.82) is 0 Å². The van der Waals surface area contributed by atoms with Gasteiger partial charge in [0, 0.05) is 11.2 Å². The second kappa shape index (κ2) is 7.34. The number of rotatable bonds is 4. The Bertz CT molecular complexity index is 740. The first-order chi connectivity index (χ1) is 11.7. The Balaban J connectivity index is 2.45. The number of carbonyl (C=O) groups excluding carboxylic acids is 1. The van der Waals surface area contributed by atoms with Crippen LogP contribution >= 0.6 is 0 Å². The number of benzene rings is 2. The minimum Gasteiger partial charge on any atom is -0.465 e. The van der Waals surface area contributed by atoms with Gasteiger partial charge in [-0.1, -0.05) is 30.3 Å². The molecular weight excluding hydrogens is 323 g/mol. The number of nitrogens with one attached hydrogen (secondary N) is 1. The number of hydrogen-bond acceptors (Lipinski definition) is 2. The van der Waals surface area contributed by atoms with Gasteiger partial charge in [-0.15, -0.1) is 0 Å². The predicted molar refractivity (Wildman–Crippen MR) is 93.8 cm³/mol. The molecule has 0 fully saturated rings. The number of amides is 2. The molecule has 0 heterocycles. The third-order valence-electron chi connectivity index (χ3n) is 3.66. The van der Waals surface area contributed by atoms with Crippen LogP contribution in [0.2, 0.25) is 0 Å². The van der Waals surface area contributed by atoms with E-state index in [1.54, 1.807) is 45.0 Å². The molecule has 1 atom stereocenters. The summed E-state index contributed by atoms with van der Waals surface area (Å²) in [4.78, 5) is 25.8. The van der Waals surface area contributed by atoms with Gasteiger partial charge in [-0.25, -0.2) is 9.18 Å². The standard InChI is InChI=1S/C19H21FN2O3/c1-19(2,3)22(18(24)25)16(13-9-11-14(20)12-10-13)17(23)21-15-7-5-4-6-8-15/h4-12,16H,1-3H3,(H,21,23)(H,24,25). The van der Waals surface area contributed by atoms with Gasteiger partial charge >= 0.3 is 6.09 Å². The Morgan fingerprint density at radius 2 is 1.60 bits per heavy atom. The molecular formula is C19H21FN2O3. The molecule has 132 valence electrons. The molecule has 0 aliphatic rings. The van der Waals surface area contributed by atoms with E-state index >= 15 is 0 Å². The second-order valence-corrected chi connectivity index (χ2v) is 6.63. The number of carbonyl (C=O) groups is 2. The summed E-state index contributed by atoms with van der Waals surface area (Å²) in [5.74, 6) is -0.960. The molecule has 2 N–H and O–H groups in total. The molecule has 6 heteroatoms. The number of para-hydroxylation sites is 1. The van der Waals surface area contributed by atoms with Crippen molar-refractivity contribution in [2.45, 2.75) is 32.4 Å². The zero-order valence-electron chi connectivity index (χ0n) is 14.4. The minimum absolute atomic E-state index is 0.396. The SMILES string of the molecule is CC(C)(C)N(C(=O)O)C(C(=O)Nc1ccccc1)c1ccc(F)cc1. The number of hydrogen-bond donors (Lipinski definition) is 2. The van der Waals surface area contributed by atoms with Crippen LogP contribution in [-0.2, 0) is 4.79 Å². The fraction of sp³-hybridized carbons (Fsp3) is 0.263. The average Bonchev–Trinajstić information content (AvgIpc) is 2.52. The van der Waals surface area contributed by atoms with E-state index in [1.807, 2.05) is 6.07 Å². The fourth-order valence-corrected chi connectivity index (χ4v) is 2.58. The van der Waals surface area contributed by atoms with E-state index < -0.39 is 29.4 Å². The molecule has 1 unspecified atom stereocenters. The molecule has 0 saturated heterocycles. The summed E-state index contributed by atoms with van der Waals surface area (Å²) in [6, 6.07) is 12.9. The van der Waals surface area contributed by atoms with Gasteiger partial charge in [0.05, 0.1) is 0 Å². The van der Waals surface area contributed by atoms with Crippen LogP contribution in [0.1, 0.15) is 32.4 Å². The predicted octanol–water partition coefficient (Wildman–Crippen LogP) is 4.28. The highest BCUT2D eigenvalue weighted by molar-refractivity contribution is 5.97. The van der Waals surface area contributed by atoms with Gasteiger partial charge in [-0.05, 0) is 50.6 Å². The van der Waals surface area contributed by atoms with E-state index in [2.05, 4.69) is 5.32 Å². The van der Waals surface area contributed by atoms with Crippen LogP contribution in [0.15, 0.2) is 54.6 Å². The zero-order chi connectivity index (χ0) is 18.6. The van der Waals surface area contributed by atoms with E-state index in [-0.39, 0.29) is 0 Å². The topological polar surface area (TPSA) is 69.6 Å². The van der Waals surface area contributed by atoms with E-state index in [9.17, 15) is 19.1 Å². The first-order valence-electron chi connectivity index (χ1n) is 7.84. The lowest BCUT2D eigenvalue weighted by Gasteiger charge is -2.39. The van der Waals surface area contributed by atoms with Crippen molar-refractivity contribution >= 4 is 17.7 Å². The highest BCUT2D eigenvalue weighted by Crippen LogP contribution is 2.30. The van der Waals surface area contributed by atoms with Crippen LogP contribution in [0.25, 0.3) is 0 Å². The van der Waals surface area contributed by atoms with Crippen LogP contribution in [0.5, 0.6) is 0 Å². The Morgan fingerprint density at radius 1 is 1.04 bits per heavy atom. The number of anilines is 1. The molecule has 0 saturated carbocycles. The highest BCUT2D eigenvalue weighted by Gasteiger charge is 2.38. The molecule has 0 bridgehead atoms. The van der Waals surface area contributed by atoms with Gasteiger partial charge < -0.3 is 10.4 Å². The van der Waals surface area contributed by atoms with Crippen molar-refractivity contribution in [3.63, 3.8) is 0 Å². The van der Waals surface area contributed by atoms with Crippen molar-refractivity contribution in [2.24, 2.45) is 0 Å². The van der Waals surface area contributed by atoms with Crippen LogP contribution < -0.4 is 5.32 Å². The maximum Gasteiger partial charge on any atom is 0.408 e. The Hall–Kier alpha value is -2.89. The van der Waals surface area contributed by atoms with Crippen molar-refractivity contribution in [1.82, 2.24) is 4.90 Å². The fourth-order valence-electron chi connectivity index (χ4n) is 2.58. The van der Waals surface area contributed by atoms with Crippen molar-refractivity contribution in [3.8, 4) is 0 Å². The molecule has 2 amide bonds. The molecule has 2 rings (SSSR count). The van der Waals surface area contributed by atoms with Gasteiger partial charge in [-0.3, -0.25) is 9.69 Å². The summed E-state index contributed by atoms with van der Waals surface area (Å²) in [5.41, 5.74) is 0.116. The average molecular weight is 344 g/mol. The quantitative estimate of drug-likeness (QED) is 0.869. The van der Waals surface area contributed by atoms with Crippen molar-refractivity contribution < 1.29 is 19.1 Å². The summed E-state index contributed by atoms with van der Waals surface area (Å²) >= 11 is 0. The molecule has 0 aliphatic heterocycles. The summed E-state index contributed by atoms with van der Waals surface area (Å²) in [5, 5.41) is 12.4. The third-order valence-corrected chi connectivity index (χ3v) is 3.66. The normalized spacial score (nSPS) is 12.3. The molecule has 0 aliphatic carbocycles. The lowest BCUT2D eigenvalue weighted by molar-refractivity contribution is -0.122. The van der Waals surface area contributed by atoms with Crippen LogP contribution in [0.3, 0.4) is 0 Å². The molecule has 2 aromatic rings. The van der Waals surface area contributed by atoms with Gasteiger partial charge in [0.25, 0.3) is 5.91 Å². The van der Waals surface area contributed by atoms with E-state index in [0.29, 0.717) is 11.3 Å². The third kappa shape index (κ3) is 4.56.